The molecule has 1 saturated heterocycles. The van der Waals surface area contributed by atoms with Gasteiger partial charge in [-0.15, -0.1) is 0 Å². The van der Waals surface area contributed by atoms with Gasteiger partial charge in [0.15, 0.2) is 6.61 Å². The van der Waals surface area contributed by atoms with Crippen LogP contribution in [0.2, 0.25) is 10.0 Å². The van der Waals surface area contributed by atoms with E-state index in [1.807, 2.05) is 11.5 Å². The summed E-state index contributed by atoms with van der Waals surface area (Å²) < 4.78 is 6.88. The summed E-state index contributed by atoms with van der Waals surface area (Å²) in [6, 6.07) is 6.09. The number of rotatable bonds is 7. The van der Waals surface area contributed by atoms with Crippen LogP contribution in [0.4, 0.5) is 4.79 Å². The second-order valence-electron chi connectivity index (χ2n) is 7.84. The number of benzene rings is 1. The number of hydrogen-bond donors (Lipinski definition) is 1. The van der Waals surface area contributed by atoms with Crippen LogP contribution in [0.3, 0.4) is 0 Å². The molecule has 0 bridgehead atoms. The SMILES string of the molecule is CC[C@@]1(C)NC(=O)N(CC(=O)OCC(=O)c2cc(C)n(-c3cc(Cl)cc(Cl)c3)c2C)C1=O. The van der Waals surface area contributed by atoms with Gasteiger partial charge in [-0.2, -0.15) is 0 Å². The highest BCUT2D eigenvalue weighted by molar-refractivity contribution is 6.34. The van der Waals surface area contributed by atoms with Crippen LogP contribution in [0.25, 0.3) is 5.69 Å². The third-order valence-electron chi connectivity index (χ3n) is 5.54. The standard InChI is InChI=1S/C22H23Cl2N3O5/c1-5-22(4)20(30)26(21(31)25-22)10-19(29)32-11-18(28)17-6-12(2)27(13(17)3)16-8-14(23)7-15(24)9-16/h6-9H,5,10-11H2,1-4H3,(H,25,31)/t22-/m1/s1. The van der Waals surface area contributed by atoms with Crippen LogP contribution in [0.15, 0.2) is 24.3 Å². The lowest BCUT2D eigenvalue weighted by molar-refractivity contribution is -0.146. The van der Waals surface area contributed by atoms with Crippen molar-refractivity contribution in [3.8, 4) is 5.69 Å². The Bertz CT molecular complexity index is 1110. The lowest BCUT2D eigenvalue weighted by atomic mass is 9.99. The van der Waals surface area contributed by atoms with Gasteiger partial charge >= 0.3 is 12.0 Å². The first-order valence-corrected chi connectivity index (χ1v) is 10.7. The fourth-order valence-electron chi connectivity index (χ4n) is 3.64. The van der Waals surface area contributed by atoms with Gasteiger partial charge in [-0.3, -0.25) is 19.3 Å². The highest BCUT2D eigenvalue weighted by Gasteiger charge is 2.47. The van der Waals surface area contributed by atoms with E-state index in [-0.39, 0.29) is 0 Å². The summed E-state index contributed by atoms with van der Waals surface area (Å²) in [4.78, 5) is 50.1. The first-order chi connectivity index (χ1) is 15.0. The maximum absolute atomic E-state index is 12.7. The second kappa shape index (κ2) is 8.96. The number of imide groups is 1. The Hall–Kier alpha value is -2.84. The van der Waals surface area contributed by atoms with Crippen LogP contribution in [0.5, 0.6) is 0 Å². The molecule has 0 aliphatic carbocycles. The lowest BCUT2D eigenvalue weighted by Crippen LogP contribution is -2.43. The molecular formula is C22H23Cl2N3O5. The second-order valence-corrected chi connectivity index (χ2v) is 8.71. The number of esters is 1. The third kappa shape index (κ3) is 4.52. The van der Waals surface area contributed by atoms with E-state index in [0.717, 1.165) is 10.6 Å². The van der Waals surface area contributed by atoms with Crippen molar-refractivity contribution in [2.45, 2.75) is 39.7 Å². The fourth-order valence-corrected chi connectivity index (χ4v) is 4.15. The molecule has 2 heterocycles. The third-order valence-corrected chi connectivity index (χ3v) is 5.98. The minimum Gasteiger partial charge on any atom is -0.456 e. The van der Waals surface area contributed by atoms with Crippen LogP contribution < -0.4 is 5.32 Å². The normalized spacial score (nSPS) is 18.1. The van der Waals surface area contributed by atoms with Gasteiger partial charge in [0.2, 0.25) is 5.78 Å². The summed E-state index contributed by atoms with van der Waals surface area (Å²) in [5, 5.41) is 3.48. The molecule has 170 valence electrons. The van der Waals surface area contributed by atoms with Crippen molar-refractivity contribution in [1.29, 1.82) is 0 Å². The molecule has 1 aromatic heterocycles. The molecule has 32 heavy (non-hydrogen) atoms. The van der Waals surface area contributed by atoms with Crippen molar-refractivity contribution >= 4 is 46.9 Å². The largest absolute Gasteiger partial charge is 0.456 e. The molecule has 0 radical (unpaired) electrons. The molecule has 1 aliphatic rings. The summed E-state index contributed by atoms with van der Waals surface area (Å²) in [6.07, 6.45) is 0.384. The number of carbonyl (C=O) groups excluding carboxylic acids is 4. The first kappa shape index (κ1) is 23.8. The van der Waals surface area contributed by atoms with Crippen LogP contribution in [-0.4, -0.2) is 51.8 Å². The number of ether oxygens (including phenoxy) is 1. The molecular weight excluding hydrogens is 457 g/mol. The van der Waals surface area contributed by atoms with Gasteiger partial charge in [0.05, 0.1) is 0 Å². The summed E-state index contributed by atoms with van der Waals surface area (Å²) in [5.41, 5.74) is 1.43. The van der Waals surface area contributed by atoms with E-state index in [4.69, 9.17) is 27.9 Å². The van der Waals surface area contributed by atoms with Crippen molar-refractivity contribution in [1.82, 2.24) is 14.8 Å². The Labute approximate surface area is 195 Å². The van der Waals surface area contributed by atoms with Gasteiger partial charge in [0.1, 0.15) is 12.1 Å². The number of nitrogens with one attached hydrogen (secondary N) is 1. The van der Waals surface area contributed by atoms with E-state index >= 15 is 0 Å². The molecule has 0 unspecified atom stereocenters. The topological polar surface area (TPSA) is 97.7 Å². The monoisotopic (exact) mass is 479 g/mol. The molecule has 1 aliphatic heterocycles. The molecule has 0 spiro atoms. The predicted molar refractivity (Wildman–Crippen MR) is 119 cm³/mol. The summed E-state index contributed by atoms with van der Waals surface area (Å²) in [7, 11) is 0. The van der Waals surface area contributed by atoms with Gasteiger partial charge in [0.25, 0.3) is 5.91 Å². The molecule has 3 rings (SSSR count). The number of amides is 3. The Morgan fingerprint density at radius 2 is 1.72 bits per heavy atom. The van der Waals surface area contributed by atoms with Gasteiger partial charge < -0.3 is 14.6 Å². The molecule has 1 atom stereocenters. The molecule has 10 heteroatoms. The number of Topliss-reactive ketones (excluding diaryl/α,β-unsaturated/α-hetero) is 1. The van der Waals surface area contributed by atoms with E-state index in [1.54, 1.807) is 45.0 Å². The number of urea groups is 1. The van der Waals surface area contributed by atoms with Crippen LogP contribution >= 0.6 is 23.2 Å². The zero-order valence-electron chi connectivity index (χ0n) is 18.1. The average molecular weight is 480 g/mol. The van der Waals surface area contributed by atoms with E-state index < -0.39 is 42.4 Å². The lowest BCUT2D eigenvalue weighted by Gasteiger charge is -2.18. The summed E-state index contributed by atoms with van der Waals surface area (Å²) in [5.74, 6) is -1.77. The molecule has 1 N–H and O–H groups in total. The maximum Gasteiger partial charge on any atom is 0.326 e. The Morgan fingerprint density at radius 1 is 1.09 bits per heavy atom. The van der Waals surface area contributed by atoms with Gasteiger partial charge in [-0.1, -0.05) is 30.1 Å². The molecule has 2 aromatic rings. The summed E-state index contributed by atoms with van der Waals surface area (Å²) in [6.45, 7) is 5.85. The van der Waals surface area contributed by atoms with Crippen LogP contribution in [0, 0.1) is 13.8 Å². The van der Waals surface area contributed by atoms with Gasteiger partial charge in [0, 0.05) is 32.7 Å². The van der Waals surface area contributed by atoms with Crippen molar-refractivity contribution in [3.63, 3.8) is 0 Å². The minimum absolute atomic E-state index is 0.375. The highest BCUT2D eigenvalue weighted by Crippen LogP contribution is 2.27. The predicted octanol–water partition coefficient (Wildman–Crippen LogP) is 3.85. The zero-order valence-corrected chi connectivity index (χ0v) is 19.6. The first-order valence-electron chi connectivity index (χ1n) is 9.95. The number of halogens is 2. The van der Waals surface area contributed by atoms with Crippen LogP contribution in [-0.2, 0) is 14.3 Å². The fraction of sp³-hybridized carbons (Fsp3) is 0.364. The van der Waals surface area contributed by atoms with Crippen molar-refractivity contribution in [3.05, 3.63) is 51.3 Å². The average Bonchev–Trinajstić information content (AvgIpc) is 3.13. The quantitative estimate of drug-likeness (QED) is 0.369. The molecule has 1 fully saturated rings. The molecule has 8 nitrogen and oxygen atoms in total. The van der Waals surface area contributed by atoms with E-state index in [9.17, 15) is 19.2 Å². The summed E-state index contributed by atoms with van der Waals surface area (Å²) >= 11 is 12.2. The number of hydrogen-bond acceptors (Lipinski definition) is 5. The Balaban J connectivity index is 1.69. The number of aromatic nitrogens is 1. The number of carbonyl (C=O) groups is 4. The van der Waals surface area contributed by atoms with E-state index in [0.29, 0.717) is 33.4 Å². The minimum atomic E-state index is -1.05. The molecule has 3 amide bonds. The molecule has 1 aromatic carbocycles. The van der Waals surface area contributed by atoms with E-state index in [1.165, 1.54) is 0 Å². The van der Waals surface area contributed by atoms with Crippen molar-refractivity contribution in [2.24, 2.45) is 0 Å². The number of aryl methyl sites for hydroxylation is 1. The van der Waals surface area contributed by atoms with Crippen molar-refractivity contribution < 1.29 is 23.9 Å². The smallest absolute Gasteiger partial charge is 0.326 e. The Morgan fingerprint density at radius 3 is 2.28 bits per heavy atom. The maximum atomic E-state index is 12.7. The van der Waals surface area contributed by atoms with Gasteiger partial charge in [-0.05, 0) is 51.5 Å². The van der Waals surface area contributed by atoms with Crippen LogP contribution in [0.1, 0.15) is 42.0 Å². The zero-order chi connectivity index (χ0) is 23.8. The van der Waals surface area contributed by atoms with E-state index in [2.05, 4.69) is 5.32 Å². The Kier molecular flexibility index (Phi) is 6.67. The van der Waals surface area contributed by atoms with Gasteiger partial charge in [-0.25, -0.2) is 4.79 Å². The number of ketones is 1. The number of nitrogens with zero attached hydrogens (tertiary/aromatic N) is 2. The molecule has 0 saturated carbocycles. The highest BCUT2D eigenvalue weighted by atomic mass is 35.5. The van der Waals surface area contributed by atoms with Crippen molar-refractivity contribution in [2.75, 3.05) is 13.2 Å².